The Labute approximate surface area is 127 Å². The summed E-state index contributed by atoms with van der Waals surface area (Å²) in [4.78, 5) is 24.4. The molecule has 0 aliphatic carbocycles. The predicted molar refractivity (Wildman–Crippen MR) is 85.2 cm³/mol. The van der Waals surface area contributed by atoms with Crippen LogP contribution >= 0.6 is 0 Å². The summed E-state index contributed by atoms with van der Waals surface area (Å²) in [5, 5.41) is 3.16. The summed E-state index contributed by atoms with van der Waals surface area (Å²) in [6, 6.07) is 7.20. The third-order valence-corrected chi connectivity index (χ3v) is 3.49. The summed E-state index contributed by atoms with van der Waals surface area (Å²) in [5.41, 5.74) is 8.45. The van der Waals surface area contributed by atoms with Crippen molar-refractivity contribution in [2.24, 2.45) is 7.05 Å². The highest BCUT2D eigenvalue weighted by Crippen LogP contribution is 2.24. The number of hydrogen-bond acceptors (Lipinski definition) is 6. The molecule has 7 heteroatoms. The van der Waals surface area contributed by atoms with E-state index >= 15 is 0 Å². The van der Waals surface area contributed by atoms with Crippen LogP contribution in [0.2, 0.25) is 0 Å². The number of Topliss-reactive ketones (excluding diaryl/α,β-unsaturated/α-hetero) is 1. The van der Waals surface area contributed by atoms with Crippen molar-refractivity contribution in [3.8, 4) is 0 Å². The summed E-state index contributed by atoms with van der Waals surface area (Å²) in [5.74, 6) is 1.51. The van der Waals surface area contributed by atoms with Gasteiger partial charge in [0, 0.05) is 18.3 Å². The van der Waals surface area contributed by atoms with Gasteiger partial charge in [0.25, 0.3) is 0 Å². The van der Waals surface area contributed by atoms with Gasteiger partial charge in [-0.05, 0) is 26.0 Å². The van der Waals surface area contributed by atoms with Crippen LogP contribution in [-0.2, 0) is 7.05 Å². The number of carbonyl (C=O) groups is 1. The Morgan fingerprint density at radius 3 is 2.77 bits per heavy atom. The molecular weight excluding hydrogens is 280 g/mol. The summed E-state index contributed by atoms with van der Waals surface area (Å²) in [6.45, 7) is 3.42. The molecule has 0 radical (unpaired) electrons. The highest BCUT2D eigenvalue weighted by Gasteiger charge is 2.13. The van der Waals surface area contributed by atoms with Gasteiger partial charge >= 0.3 is 0 Å². The van der Waals surface area contributed by atoms with E-state index in [1.807, 2.05) is 30.7 Å². The Balaban J connectivity index is 2.09. The average molecular weight is 296 g/mol. The Bertz CT molecular complexity index is 883. The van der Waals surface area contributed by atoms with Crippen LogP contribution in [0.25, 0.3) is 11.2 Å². The number of nitrogens with one attached hydrogen (secondary N) is 1. The summed E-state index contributed by atoms with van der Waals surface area (Å²) >= 11 is 0. The lowest BCUT2D eigenvalue weighted by Gasteiger charge is -2.08. The van der Waals surface area contributed by atoms with E-state index in [1.165, 1.54) is 6.92 Å². The van der Waals surface area contributed by atoms with Crippen LogP contribution in [-0.4, -0.2) is 25.3 Å². The van der Waals surface area contributed by atoms with E-state index in [9.17, 15) is 4.79 Å². The first kappa shape index (κ1) is 14.0. The lowest BCUT2D eigenvalue weighted by atomic mass is 10.1. The first-order chi connectivity index (χ1) is 10.5. The third-order valence-electron chi connectivity index (χ3n) is 3.49. The van der Waals surface area contributed by atoms with E-state index in [1.54, 1.807) is 12.1 Å². The molecule has 2 aromatic heterocycles. The first-order valence-electron chi connectivity index (χ1n) is 6.80. The number of nitrogens with zero attached hydrogens (tertiary/aromatic N) is 4. The standard InChI is InChI=1S/C15H16N6O/c1-8(22)10-5-4-6-11(7-10)18-13-12-14(20-15(16)19-13)21(3)9(2)17-12/h4-7H,1-3H3,(H3,16,18,19,20). The van der Waals surface area contributed by atoms with Crippen LogP contribution in [0.15, 0.2) is 24.3 Å². The van der Waals surface area contributed by atoms with Gasteiger partial charge in [-0.3, -0.25) is 4.79 Å². The molecule has 3 aromatic rings. The number of fused-ring (bicyclic) bond motifs is 1. The zero-order chi connectivity index (χ0) is 15.9. The van der Waals surface area contributed by atoms with Gasteiger partial charge in [0.2, 0.25) is 5.95 Å². The molecule has 0 saturated carbocycles. The maximum atomic E-state index is 11.5. The summed E-state index contributed by atoms with van der Waals surface area (Å²) < 4.78 is 1.85. The highest BCUT2D eigenvalue weighted by molar-refractivity contribution is 5.95. The second-order valence-corrected chi connectivity index (χ2v) is 5.08. The van der Waals surface area contributed by atoms with E-state index in [-0.39, 0.29) is 11.7 Å². The largest absolute Gasteiger partial charge is 0.368 e. The highest BCUT2D eigenvalue weighted by atomic mass is 16.1. The molecule has 7 nitrogen and oxygen atoms in total. The molecule has 0 atom stereocenters. The number of carbonyl (C=O) groups excluding carboxylic acids is 1. The minimum atomic E-state index is 0.00433. The molecule has 0 spiro atoms. The number of anilines is 3. The van der Waals surface area contributed by atoms with E-state index in [0.29, 0.717) is 22.5 Å². The number of hydrogen-bond donors (Lipinski definition) is 2. The molecule has 112 valence electrons. The van der Waals surface area contributed by atoms with Gasteiger partial charge in [-0.25, -0.2) is 4.98 Å². The lowest BCUT2D eigenvalue weighted by Crippen LogP contribution is -2.03. The average Bonchev–Trinajstić information content (AvgIpc) is 2.76. The van der Waals surface area contributed by atoms with E-state index in [0.717, 1.165) is 11.5 Å². The lowest BCUT2D eigenvalue weighted by molar-refractivity contribution is 0.101. The van der Waals surface area contributed by atoms with Crippen molar-refractivity contribution < 1.29 is 4.79 Å². The molecule has 22 heavy (non-hydrogen) atoms. The first-order valence-corrected chi connectivity index (χ1v) is 6.80. The van der Waals surface area contributed by atoms with Crippen molar-refractivity contribution in [1.82, 2.24) is 19.5 Å². The van der Waals surface area contributed by atoms with Gasteiger partial charge in [0.1, 0.15) is 5.82 Å². The molecule has 1 aromatic carbocycles. The topological polar surface area (TPSA) is 98.7 Å². The SMILES string of the molecule is CC(=O)c1cccc(Nc2nc(N)nc3c2nc(C)n3C)c1. The molecule has 0 unspecified atom stereocenters. The van der Waals surface area contributed by atoms with Crippen molar-refractivity contribution in [2.45, 2.75) is 13.8 Å². The van der Waals surface area contributed by atoms with Gasteiger partial charge in [-0.2, -0.15) is 9.97 Å². The zero-order valence-corrected chi connectivity index (χ0v) is 12.6. The molecule has 2 heterocycles. The van der Waals surface area contributed by atoms with Crippen LogP contribution < -0.4 is 11.1 Å². The fraction of sp³-hybridized carbons (Fsp3) is 0.200. The molecule has 0 fully saturated rings. The summed E-state index contributed by atoms with van der Waals surface area (Å²) in [7, 11) is 1.87. The van der Waals surface area contributed by atoms with Crippen LogP contribution in [0.4, 0.5) is 17.5 Å². The van der Waals surface area contributed by atoms with Crippen molar-refractivity contribution in [1.29, 1.82) is 0 Å². The summed E-state index contributed by atoms with van der Waals surface area (Å²) in [6.07, 6.45) is 0. The molecule has 0 saturated heterocycles. The molecular formula is C15H16N6O. The van der Waals surface area contributed by atoms with Crippen LogP contribution in [0.3, 0.4) is 0 Å². The van der Waals surface area contributed by atoms with E-state index in [2.05, 4.69) is 20.3 Å². The van der Waals surface area contributed by atoms with Crippen LogP contribution in [0, 0.1) is 6.92 Å². The number of ketones is 1. The number of nitrogen functional groups attached to an aromatic ring is 1. The van der Waals surface area contributed by atoms with Gasteiger partial charge in [-0.1, -0.05) is 12.1 Å². The minimum absolute atomic E-state index is 0.00433. The molecule has 3 N–H and O–H groups in total. The number of imidazole rings is 1. The number of nitrogens with two attached hydrogens (primary N) is 1. The number of aromatic nitrogens is 4. The molecule has 0 bridgehead atoms. The van der Waals surface area contributed by atoms with Gasteiger partial charge in [0.15, 0.2) is 22.8 Å². The van der Waals surface area contributed by atoms with Crippen molar-refractivity contribution in [2.75, 3.05) is 11.1 Å². The number of aryl methyl sites for hydroxylation is 2. The quantitative estimate of drug-likeness (QED) is 0.719. The maximum absolute atomic E-state index is 11.5. The van der Waals surface area contributed by atoms with Crippen LogP contribution in [0.1, 0.15) is 23.1 Å². The third kappa shape index (κ3) is 2.37. The van der Waals surface area contributed by atoms with Gasteiger partial charge in [-0.15, -0.1) is 0 Å². The van der Waals surface area contributed by atoms with Gasteiger partial charge < -0.3 is 15.6 Å². The predicted octanol–water partition coefficient (Wildman–Crippen LogP) is 2.20. The van der Waals surface area contributed by atoms with Crippen molar-refractivity contribution in [3.05, 3.63) is 35.7 Å². The normalized spacial score (nSPS) is 10.9. The Kier molecular flexibility index (Phi) is 3.25. The molecule has 0 aliphatic heterocycles. The molecule has 3 rings (SSSR count). The number of benzene rings is 1. The van der Waals surface area contributed by atoms with Crippen LogP contribution in [0.5, 0.6) is 0 Å². The maximum Gasteiger partial charge on any atom is 0.224 e. The smallest absolute Gasteiger partial charge is 0.224 e. The Hall–Kier alpha value is -2.96. The second kappa shape index (κ2) is 5.10. The molecule has 0 aliphatic rings. The minimum Gasteiger partial charge on any atom is -0.368 e. The second-order valence-electron chi connectivity index (χ2n) is 5.08. The fourth-order valence-electron chi connectivity index (χ4n) is 2.23. The monoisotopic (exact) mass is 296 g/mol. The van der Waals surface area contributed by atoms with E-state index in [4.69, 9.17) is 5.73 Å². The zero-order valence-electron chi connectivity index (χ0n) is 12.6. The van der Waals surface area contributed by atoms with Crippen molar-refractivity contribution >= 4 is 34.4 Å². The van der Waals surface area contributed by atoms with Gasteiger partial charge in [0.05, 0.1) is 0 Å². The molecule has 0 amide bonds. The number of rotatable bonds is 3. The Morgan fingerprint density at radius 2 is 2.05 bits per heavy atom. The Morgan fingerprint density at radius 1 is 1.27 bits per heavy atom. The van der Waals surface area contributed by atoms with E-state index < -0.39 is 0 Å². The fourth-order valence-corrected chi connectivity index (χ4v) is 2.23. The van der Waals surface area contributed by atoms with Crippen molar-refractivity contribution in [3.63, 3.8) is 0 Å².